The van der Waals surface area contributed by atoms with Gasteiger partial charge in [-0.3, -0.25) is 9.59 Å². The van der Waals surface area contributed by atoms with E-state index in [0.717, 1.165) is 34.7 Å². The molecule has 0 bridgehead atoms. The molecule has 1 aliphatic rings. The minimum absolute atomic E-state index is 0.0530. The maximum Gasteiger partial charge on any atom is 0.261 e. The average molecular weight is 344 g/mol. The van der Waals surface area contributed by atoms with Crippen LogP contribution in [0.4, 0.5) is 5.00 Å². The molecule has 1 aliphatic carbocycles. The van der Waals surface area contributed by atoms with Gasteiger partial charge in [-0.2, -0.15) is 0 Å². The molecule has 2 aromatic rings. The summed E-state index contributed by atoms with van der Waals surface area (Å²) in [5, 5.41) is 6.53. The molecule has 0 aliphatic heterocycles. The molecule has 0 unspecified atom stereocenters. The van der Waals surface area contributed by atoms with Crippen molar-refractivity contribution >= 4 is 28.2 Å². The maximum absolute atomic E-state index is 12.4. The minimum Gasteiger partial charge on any atom is -0.496 e. The Balaban J connectivity index is 1.64. The Kier molecular flexibility index (Phi) is 4.85. The fourth-order valence-corrected chi connectivity index (χ4v) is 3.43. The lowest BCUT2D eigenvalue weighted by molar-refractivity contribution is -0.117. The number of nitrogens with one attached hydrogen (secondary N) is 2. The van der Waals surface area contributed by atoms with Crippen molar-refractivity contribution < 1.29 is 14.3 Å². The van der Waals surface area contributed by atoms with Crippen molar-refractivity contribution in [1.29, 1.82) is 0 Å². The number of thiophene rings is 1. The van der Waals surface area contributed by atoms with E-state index in [9.17, 15) is 9.59 Å². The second-order valence-corrected chi connectivity index (χ2v) is 6.93. The number of hydrogen-bond donors (Lipinski definition) is 2. The highest BCUT2D eigenvalue weighted by molar-refractivity contribution is 7.18. The number of aryl methyl sites for hydroxylation is 1. The van der Waals surface area contributed by atoms with Gasteiger partial charge in [0.1, 0.15) is 5.75 Å². The van der Waals surface area contributed by atoms with E-state index in [0.29, 0.717) is 11.4 Å². The van der Waals surface area contributed by atoms with Gasteiger partial charge in [0, 0.05) is 18.0 Å². The van der Waals surface area contributed by atoms with E-state index in [1.807, 2.05) is 37.3 Å². The SMILES string of the molecule is COc1ccccc1CNC(=O)c1sc(NC(=O)C2CC2)cc1C. The average Bonchev–Trinajstić information content (AvgIpc) is 3.37. The number of rotatable bonds is 6. The third-order valence-electron chi connectivity index (χ3n) is 3.95. The molecule has 1 saturated carbocycles. The van der Waals surface area contributed by atoms with Crippen molar-refractivity contribution in [3.63, 3.8) is 0 Å². The molecule has 1 heterocycles. The molecule has 1 aromatic heterocycles. The van der Waals surface area contributed by atoms with Crippen molar-refractivity contribution in [2.45, 2.75) is 26.3 Å². The second kappa shape index (κ2) is 7.05. The number of hydrogen-bond acceptors (Lipinski definition) is 4. The number of carbonyl (C=O) groups excluding carboxylic acids is 2. The van der Waals surface area contributed by atoms with Crippen molar-refractivity contribution in [2.75, 3.05) is 12.4 Å². The van der Waals surface area contributed by atoms with Crippen LogP contribution in [0.5, 0.6) is 5.75 Å². The summed E-state index contributed by atoms with van der Waals surface area (Å²) in [6, 6.07) is 9.43. The lowest BCUT2D eigenvalue weighted by atomic mass is 10.2. The molecule has 3 rings (SSSR count). The van der Waals surface area contributed by atoms with E-state index in [2.05, 4.69) is 10.6 Å². The van der Waals surface area contributed by atoms with Gasteiger partial charge in [0.05, 0.1) is 17.0 Å². The Bertz CT molecular complexity index is 765. The molecule has 0 radical (unpaired) electrons. The van der Waals surface area contributed by atoms with Gasteiger partial charge in [0.15, 0.2) is 0 Å². The third-order valence-corrected chi connectivity index (χ3v) is 5.10. The van der Waals surface area contributed by atoms with E-state index in [1.54, 1.807) is 7.11 Å². The van der Waals surface area contributed by atoms with Gasteiger partial charge in [-0.05, 0) is 37.5 Å². The maximum atomic E-state index is 12.4. The van der Waals surface area contributed by atoms with Crippen LogP contribution in [0.2, 0.25) is 0 Å². The van der Waals surface area contributed by atoms with Crippen LogP contribution in [-0.4, -0.2) is 18.9 Å². The van der Waals surface area contributed by atoms with Crippen LogP contribution in [0.3, 0.4) is 0 Å². The van der Waals surface area contributed by atoms with Gasteiger partial charge in [-0.15, -0.1) is 11.3 Å². The Morgan fingerprint density at radius 1 is 1.29 bits per heavy atom. The fourth-order valence-electron chi connectivity index (χ4n) is 2.44. The minimum atomic E-state index is -0.143. The highest BCUT2D eigenvalue weighted by Gasteiger charge is 2.30. The van der Waals surface area contributed by atoms with E-state index < -0.39 is 0 Å². The molecule has 0 saturated heterocycles. The van der Waals surface area contributed by atoms with E-state index in [-0.39, 0.29) is 17.7 Å². The van der Waals surface area contributed by atoms with Crippen molar-refractivity contribution in [1.82, 2.24) is 5.32 Å². The molecule has 2 N–H and O–H groups in total. The molecule has 5 nitrogen and oxygen atoms in total. The number of para-hydroxylation sites is 1. The molecule has 6 heteroatoms. The summed E-state index contributed by atoms with van der Waals surface area (Å²) in [5.41, 5.74) is 1.79. The molecular weight excluding hydrogens is 324 g/mol. The Morgan fingerprint density at radius 2 is 2.04 bits per heavy atom. The van der Waals surface area contributed by atoms with Gasteiger partial charge in [0.2, 0.25) is 5.91 Å². The Hall–Kier alpha value is -2.34. The summed E-state index contributed by atoms with van der Waals surface area (Å²) in [4.78, 5) is 24.9. The first-order valence-electron chi connectivity index (χ1n) is 7.90. The highest BCUT2D eigenvalue weighted by Crippen LogP contribution is 2.32. The first kappa shape index (κ1) is 16.5. The molecule has 0 atom stereocenters. The summed E-state index contributed by atoms with van der Waals surface area (Å²) < 4.78 is 5.29. The zero-order chi connectivity index (χ0) is 17.1. The lowest BCUT2D eigenvalue weighted by Gasteiger charge is -2.09. The smallest absolute Gasteiger partial charge is 0.261 e. The third kappa shape index (κ3) is 3.76. The number of methoxy groups -OCH3 is 1. The zero-order valence-electron chi connectivity index (χ0n) is 13.7. The van der Waals surface area contributed by atoms with Crippen molar-refractivity contribution in [3.8, 4) is 5.75 Å². The zero-order valence-corrected chi connectivity index (χ0v) is 14.5. The van der Waals surface area contributed by atoms with E-state index >= 15 is 0 Å². The summed E-state index contributed by atoms with van der Waals surface area (Å²) in [7, 11) is 1.61. The Morgan fingerprint density at radius 3 is 2.75 bits per heavy atom. The normalized spacial score (nSPS) is 13.4. The predicted octanol–water partition coefficient (Wildman–Crippen LogP) is 3.34. The lowest BCUT2D eigenvalue weighted by Crippen LogP contribution is -2.22. The van der Waals surface area contributed by atoms with Gasteiger partial charge in [-0.25, -0.2) is 0 Å². The standard InChI is InChI=1S/C18H20N2O3S/c1-11-9-15(20-17(21)12-7-8-12)24-16(11)18(22)19-10-13-5-3-4-6-14(13)23-2/h3-6,9,12H,7-8,10H2,1-2H3,(H,19,22)(H,20,21). The first-order valence-corrected chi connectivity index (χ1v) is 8.71. The van der Waals surface area contributed by atoms with Gasteiger partial charge >= 0.3 is 0 Å². The highest BCUT2D eigenvalue weighted by atomic mass is 32.1. The van der Waals surface area contributed by atoms with E-state index in [1.165, 1.54) is 11.3 Å². The second-order valence-electron chi connectivity index (χ2n) is 5.88. The quantitative estimate of drug-likeness (QED) is 0.844. The molecule has 126 valence electrons. The fraction of sp³-hybridized carbons (Fsp3) is 0.333. The van der Waals surface area contributed by atoms with Gasteiger partial charge in [0.25, 0.3) is 5.91 Å². The number of anilines is 1. The summed E-state index contributed by atoms with van der Waals surface area (Å²) >= 11 is 1.31. The molecule has 24 heavy (non-hydrogen) atoms. The molecule has 1 aromatic carbocycles. The van der Waals surface area contributed by atoms with Crippen LogP contribution in [0.25, 0.3) is 0 Å². The number of carbonyl (C=O) groups is 2. The monoisotopic (exact) mass is 344 g/mol. The van der Waals surface area contributed by atoms with E-state index in [4.69, 9.17) is 4.74 Å². The van der Waals surface area contributed by atoms with Crippen LogP contribution in [-0.2, 0) is 11.3 Å². The predicted molar refractivity (Wildman–Crippen MR) is 94.6 cm³/mol. The van der Waals surface area contributed by atoms with Crippen LogP contribution < -0.4 is 15.4 Å². The summed E-state index contributed by atoms with van der Waals surface area (Å²) in [6.45, 7) is 2.27. The van der Waals surface area contributed by atoms with Crippen LogP contribution >= 0.6 is 11.3 Å². The van der Waals surface area contributed by atoms with Gasteiger partial charge in [-0.1, -0.05) is 18.2 Å². The van der Waals surface area contributed by atoms with Crippen LogP contribution in [0, 0.1) is 12.8 Å². The summed E-state index contributed by atoms with van der Waals surface area (Å²) in [6.07, 6.45) is 1.92. The molecule has 0 spiro atoms. The molecule has 1 fully saturated rings. The van der Waals surface area contributed by atoms with Crippen LogP contribution in [0.1, 0.15) is 33.6 Å². The van der Waals surface area contributed by atoms with Crippen molar-refractivity contribution in [3.05, 3.63) is 46.3 Å². The van der Waals surface area contributed by atoms with Crippen molar-refractivity contribution in [2.24, 2.45) is 5.92 Å². The largest absolute Gasteiger partial charge is 0.496 e. The van der Waals surface area contributed by atoms with Gasteiger partial charge < -0.3 is 15.4 Å². The number of benzene rings is 1. The Labute approximate surface area is 145 Å². The van der Waals surface area contributed by atoms with Crippen LogP contribution in [0.15, 0.2) is 30.3 Å². The first-order chi connectivity index (χ1) is 11.6. The molecular formula is C18H20N2O3S. The summed E-state index contributed by atoms with van der Waals surface area (Å²) in [5.74, 6) is 0.806. The molecule has 2 amide bonds. The topological polar surface area (TPSA) is 67.4 Å². The number of ether oxygens (including phenoxy) is 1. The number of amides is 2.